The van der Waals surface area contributed by atoms with E-state index in [0.29, 0.717) is 4.91 Å². The molecular formula is C14H15N3O2S. The van der Waals surface area contributed by atoms with E-state index < -0.39 is 0 Å². The van der Waals surface area contributed by atoms with Crippen LogP contribution < -0.4 is 5.32 Å². The molecule has 3 heterocycles. The van der Waals surface area contributed by atoms with Gasteiger partial charge in [0.2, 0.25) is 0 Å². The number of aliphatic imine (C=N–C) groups is 1. The van der Waals surface area contributed by atoms with E-state index in [1.54, 1.807) is 12.3 Å². The Balaban J connectivity index is 1.64. The molecule has 1 aromatic heterocycles. The molecule has 0 bridgehead atoms. The number of carbonyl (C=O) groups is 1. The first kappa shape index (κ1) is 13.2. The van der Waals surface area contributed by atoms with Crippen molar-refractivity contribution in [2.75, 3.05) is 26.2 Å². The molecule has 2 aliphatic rings. The van der Waals surface area contributed by atoms with Gasteiger partial charge in [-0.25, -0.2) is 0 Å². The molecule has 1 N–H and O–H groups in total. The Morgan fingerprint density at radius 3 is 3.00 bits per heavy atom. The number of thioether (sulfide) groups is 1. The Morgan fingerprint density at radius 2 is 2.25 bits per heavy atom. The highest BCUT2D eigenvalue weighted by Gasteiger charge is 2.26. The molecule has 0 atom stereocenters. The zero-order valence-corrected chi connectivity index (χ0v) is 11.7. The van der Waals surface area contributed by atoms with Crippen LogP contribution in [0.1, 0.15) is 5.76 Å². The Hall–Kier alpha value is -1.79. The first-order chi connectivity index (χ1) is 9.83. The van der Waals surface area contributed by atoms with Crippen molar-refractivity contribution in [2.45, 2.75) is 0 Å². The van der Waals surface area contributed by atoms with Gasteiger partial charge in [0, 0.05) is 26.2 Å². The van der Waals surface area contributed by atoms with Gasteiger partial charge in [0.15, 0.2) is 5.17 Å². The maximum atomic E-state index is 11.8. The van der Waals surface area contributed by atoms with Crippen molar-refractivity contribution in [2.24, 2.45) is 4.99 Å². The smallest absolute Gasteiger partial charge is 0.286 e. The molecule has 20 heavy (non-hydrogen) atoms. The number of allylic oxidation sites excluding steroid dienone is 2. The number of amidine groups is 1. The number of nitrogens with one attached hydrogen (secondary N) is 1. The number of amides is 1. The normalized spacial score (nSPS) is 22.0. The van der Waals surface area contributed by atoms with E-state index in [-0.39, 0.29) is 5.91 Å². The van der Waals surface area contributed by atoms with Crippen molar-refractivity contribution in [3.63, 3.8) is 0 Å². The molecule has 1 aromatic rings. The fourth-order valence-corrected chi connectivity index (χ4v) is 2.94. The minimum absolute atomic E-state index is 0.160. The molecule has 3 rings (SSSR count). The SMILES string of the molecule is O=C1N=C(N2CCNCC2)S/C1=C/C=C/c1ccco1. The number of nitrogens with zero attached hydrogens (tertiary/aromatic N) is 2. The van der Waals surface area contributed by atoms with E-state index in [1.165, 1.54) is 11.8 Å². The molecular weight excluding hydrogens is 274 g/mol. The van der Waals surface area contributed by atoms with E-state index in [9.17, 15) is 4.79 Å². The summed E-state index contributed by atoms with van der Waals surface area (Å²) in [6.07, 6.45) is 7.04. The Bertz CT molecular complexity index is 569. The molecule has 1 fully saturated rings. The maximum absolute atomic E-state index is 11.8. The van der Waals surface area contributed by atoms with Crippen molar-refractivity contribution in [3.8, 4) is 0 Å². The van der Waals surface area contributed by atoms with Crippen LogP contribution >= 0.6 is 11.8 Å². The minimum atomic E-state index is -0.160. The van der Waals surface area contributed by atoms with Gasteiger partial charge in [-0.15, -0.1) is 0 Å². The summed E-state index contributed by atoms with van der Waals surface area (Å²) in [5, 5.41) is 4.10. The fraction of sp³-hybridized carbons (Fsp3) is 0.286. The van der Waals surface area contributed by atoms with Gasteiger partial charge >= 0.3 is 0 Å². The maximum Gasteiger partial charge on any atom is 0.286 e. The second-order valence-corrected chi connectivity index (χ2v) is 5.45. The predicted octanol–water partition coefficient (Wildman–Crippen LogP) is 1.71. The first-order valence-corrected chi connectivity index (χ1v) is 7.33. The molecule has 5 nitrogen and oxygen atoms in total. The Morgan fingerprint density at radius 1 is 1.40 bits per heavy atom. The van der Waals surface area contributed by atoms with Crippen LogP contribution in [0, 0.1) is 0 Å². The van der Waals surface area contributed by atoms with Crippen LogP contribution in [0.15, 0.2) is 44.9 Å². The van der Waals surface area contributed by atoms with Crippen LogP contribution in [-0.2, 0) is 4.79 Å². The van der Waals surface area contributed by atoms with Gasteiger partial charge in [-0.3, -0.25) is 4.79 Å². The van der Waals surface area contributed by atoms with Gasteiger partial charge < -0.3 is 14.6 Å². The molecule has 2 aliphatic heterocycles. The Kier molecular flexibility index (Phi) is 4.03. The molecule has 0 unspecified atom stereocenters. The number of piperazine rings is 1. The minimum Gasteiger partial charge on any atom is -0.465 e. The summed E-state index contributed by atoms with van der Waals surface area (Å²) < 4.78 is 5.19. The topological polar surface area (TPSA) is 57.8 Å². The van der Waals surface area contributed by atoms with E-state index in [1.807, 2.05) is 24.3 Å². The van der Waals surface area contributed by atoms with Crippen molar-refractivity contribution < 1.29 is 9.21 Å². The van der Waals surface area contributed by atoms with Crippen LogP contribution in [-0.4, -0.2) is 42.2 Å². The van der Waals surface area contributed by atoms with Crippen molar-refractivity contribution >= 4 is 28.9 Å². The summed E-state index contributed by atoms with van der Waals surface area (Å²) in [6, 6.07) is 3.69. The average molecular weight is 289 g/mol. The van der Waals surface area contributed by atoms with Crippen LogP contribution in [0.5, 0.6) is 0 Å². The lowest BCUT2D eigenvalue weighted by molar-refractivity contribution is -0.113. The number of furan rings is 1. The highest BCUT2D eigenvalue weighted by molar-refractivity contribution is 8.18. The molecule has 6 heteroatoms. The van der Waals surface area contributed by atoms with E-state index in [2.05, 4.69) is 15.2 Å². The van der Waals surface area contributed by atoms with Crippen LogP contribution in [0.3, 0.4) is 0 Å². The van der Waals surface area contributed by atoms with Gasteiger partial charge in [0.05, 0.1) is 11.2 Å². The van der Waals surface area contributed by atoms with Crippen LogP contribution in [0.4, 0.5) is 0 Å². The van der Waals surface area contributed by atoms with Crippen molar-refractivity contribution in [3.05, 3.63) is 41.2 Å². The van der Waals surface area contributed by atoms with E-state index in [0.717, 1.165) is 37.1 Å². The lowest BCUT2D eigenvalue weighted by Crippen LogP contribution is -2.45. The quantitative estimate of drug-likeness (QED) is 0.840. The zero-order valence-electron chi connectivity index (χ0n) is 10.9. The summed E-state index contributed by atoms with van der Waals surface area (Å²) in [5.41, 5.74) is 0. The van der Waals surface area contributed by atoms with E-state index >= 15 is 0 Å². The second-order valence-electron chi connectivity index (χ2n) is 4.44. The third-order valence-electron chi connectivity index (χ3n) is 3.05. The summed E-state index contributed by atoms with van der Waals surface area (Å²) in [6.45, 7) is 3.67. The molecule has 0 aromatic carbocycles. The first-order valence-electron chi connectivity index (χ1n) is 6.51. The standard InChI is InChI=1S/C14H15N3O2S/c18-13-12(5-1-3-11-4-2-10-19-11)20-14(16-13)17-8-6-15-7-9-17/h1-5,10,15H,6-9H2/b3-1+,12-5+. The molecule has 1 amide bonds. The highest BCUT2D eigenvalue weighted by atomic mass is 32.2. The summed E-state index contributed by atoms with van der Waals surface area (Å²) in [4.78, 5) is 18.8. The average Bonchev–Trinajstić information content (AvgIpc) is 3.11. The van der Waals surface area contributed by atoms with Crippen LogP contribution in [0.2, 0.25) is 0 Å². The summed E-state index contributed by atoms with van der Waals surface area (Å²) >= 11 is 1.44. The molecule has 0 spiro atoms. The fourth-order valence-electron chi connectivity index (χ4n) is 2.02. The summed E-state index contributed by atoms with van der Waals surface area (Å²) in [7, 11) is 0. The number of hydrogen-bond acceptors (Lipinski definition) is 5. The van der Waals surface area contributed by atoms with E-state index in [4.69, 9.17) is 4.42 Å². The monoisotopic (exact) mass is 289 g/mol. The number of carbonyl (C=O) groups excluding carboxylic acids is 1. The predicted molar refractivity (Wildman–Crippen MR) is 80.3 cm³/mol. The third-order valence-corrected chi connectivity index (χ3v) is 4.11. The zero-order chi connectivity index (χ0) is 13.8. The van der Waals surface area contributed by atoms with Gasteiger partial charge in [-0.05, 0) is 36.0 Å². The lowest BCUT2D eigenvalue weighted by Gasteiger charge is -2.27. The highest BCUT2D eigenvalue weighted by Crippen LogP contribution is 2.28. The van der Waals surface area contributed by atoms with Crippen molar-refractivity contribution in [1.82, 2.24) is 10.2 Å². The summed E-state index contributed by atoms with van der Waals surface area (Å²) in [5.74, 6) is 0.605. The van der Waals surface area contributed by atoms with Gasteiger partial charge in [-0.2, -0.15) is 4.99 Å². The van der Waals surface area contributed by atoms with Gasteiger partial charge in [-0.1, -0.05) is 6.08 Å². The van der Waals surface area contributed by atoms with Crippen LogP contribution in [0.25, 0.3) is 6.08 Å². The molecule has 0 saturated carbocycles. The number of rotatable bonds is 2. The van der Waals surface area contributed by atoms with Gasteiger partial charge in [0.1, 0.15) is 5.76 Å². The molecule has 0 radical (unpaired) electrons. The Labute approximate surface area is 121 Å². The largest absolute Gasteiger partial charge is 0.465 e. The lowest BCUT2D eigenvalue weighted by atomic mass is 10.3. The van der Waals surface area contributed by atoms with Crippen molar-refractivity contribution in [1.29, 1.82) is 0 Å². The molecule has 0 aliphatic carbocycles. The second kappa shape index (κ2) is 6.11. The van der Waals surface area contributed by atoms with Gasteiger partial charge in [0.25, 0.3) is 5.91 Å². The number of hydrogen-bond donors (Lipinski definition) is 1. The molecule has 1 saturated heterocycles. The third kappa shape index (κ3) is 3.02. The molecule has 104 valence electrons.